The Hall–Kier alpha value is -1.09. The first kappa shape index (κ1) is 16.0. The number of aromatic hydroxyl groups is 1. The van der Waals surface area contributed by atoms with Crippen LogP contribution in [-0.2, 0) is 6.54 Å². The van der Waals surface area contributed by atoms with Crippen LogP contribution in [0.15, 0.2) is 18.2 Å². The lowest BCUT2D eigenvalue weighted by molar-refractivity contribution is 0.300. The molecule has 0 aliphatic rings. The first-order valence-electron chi connectivity index (χ1n) is 7.13. The third-order valence-corrected chi connectivity index (χ3v) is 3.45. The van der Waals surface area contributed by atoms with Gasteiger partial charge in [-0.25, -0.2) is 4.39 Å². The molecule has 0 saturated heterocycles. The Morgan fingerprint density at radius 1 is 1.26 bits per heavy atom. The van der Waals surface area contributed by atoms with Crippen LogP contribution in [0.1, 0.15) is 52.0 Å². The summed E-state index contributed by atoms with van der Waals surface area (Å²) in [6.45, 7) is 8.05. The number of hydrogen-bond acceptors (Lipinski definition) is 2. The second-order valence-corrected chi connectivity index (χ2v) is 5.97. The molecular weight excluding hydrogens is 241 g/mol. The Balaban J connectivity index is 2.38. The van der Waals surface area contributed by atoms with Gasteiger partial charge in [0.25, 0.3) is 0 Å². The zero-order chi connectivity index (χ0) is 14.3. The van der Waals surface area contributed by atoms with Crippen molar-refractivity contribution in [2.24, 2.45) is 5.41 Å². The molecular formula is C16H26FNO. The van der Waals surface area contributed by atoms with Gasteiger partial charge in [-0.3, -0.25) is 0 Å². The molecule has 0 saturated carbocycles. The van der Waals surface area contributed by atoms with Crippen LogP contribution in [0, 0.1) is 11.2 Å². The molecule has 0 fully saturated rings. The lowest BCUT2D eigenvalue weighted by atomic mass is 9.87. The molecule has 0 radical (unpaired) electrons. The van der Waals surface area contributed by atoms with Crippen molar-refractivity contribution in [1.82, 2.24) is 5.32 Å². The molecule has 108 valence electrons. The molecule has 2 nitrogen and oxygen atoms in total. The summed E-state index contributed by atoms with van der Waals surface area (Å²) in [5.74, 6) is -0.791. The van der Waals surface area contributed by atoms with E-state index in [0.717, 1.165) is 6.54 Å². The van der Waals surface area contributed by atoms with Gasteiger partial charge in [-0.05, 0) is 17.9 Å². The van der Waals surface area contributed by atoms with Gasteiger partial charge in [0.15, 0.2) is 11.6 Å². The van der Waals surface area contributed by atoms with Gasteiger partial charge in [0.1, 0.15) is 0 Å². The number of phenols is 1. The SMILES string of the molecule is CCCCCC(C)(C)CNCc1cccc(F)c1O. The number of halogens is 1. The van der Waals surface area contributed by atoms with Crippen molar-refractivity contribution in [2.75, 3.05) is 6.54 Å². The normalized spacial score (nSPS) is 11.8. The molecule has 1 aromatic carbocycles. The Labute approximate surface area is 116 Å². The molecule has 3 heteroatoms. The highest BCUT2D eigenvalue weighted by molar-refractivity contribution is 5.33. The summed E-state index contributed by atoms with van der Waals surface area (Å²) in [6.07, 6.45) is 4.94. The minimum Gasteiger partial charge on any atom is -0.505 e. The Bertz CT molecular complexity index is 390. The van der Waals surface area contributed by atoms with E-state index < -0.39 is 5.82 Å². The van der Waals surface area contributed by atoms with E-state index in [2.05, 4.69) is 26.1 Å². The van der Waals surface area contributed by atoms with Gasteiger partial charge in [-0.1, -0.05) is 52.2 Å². The van der Waals surface area contributed by atoms with Crippen molar-refractivity contribution in [3.8, 4) is 5.75 Å². The quantitative estimate of drug-likeness (QED) is 0.691. The van der Waals surface area contributed by atoms with Gasteiger partial charge < -0.3 is 10.4 Å². The molecule has 0 aliphatic heterocycles. The number of unbranched alkanes of at least 4 members (excludes halogenated alkanes) is 2. The fourth-order valence-electron chi connectivity index (χ4n) is 2.18. The van der Waals surface area contributed by atoms with E-state index in [4.69, 9.17) is 0 Å². The minimum atomic E-state index is -0.554. The van der Waals surface area contributed by atoms with Crippen LogP contribution in [0.4, 0.5) is 4.39 Å². The van der Waals surface area contributed by atoms with E-state index in [-0.39, 0.29) is 11.2 Å². The van der Waals surface area contributed by atoms with E-state index >= 15 is 0 Å². The van der Waals surface area contributed by atoms with Crippen LogP contribution < -0.4 is 5.32 Å². The fourth-order valence-corrected chi connectivity index (χ4v) is 2.18. The molecule has 0 spiro atoms. The van der Waals surface area contributed by atoms with Crippen LogP contribution in [0.3, 0.4) is 0 Å². The maximum absolute atomic E-state index is 13.2. The van der Waals surface area contributed by atoms with E-state index in [1.807, 2.05) is 0 Å². The van der Waals surface area contributed by atoms with Crippen LogP contribution in [0.25, 0.3) is 0 Å². The van der Waals surface area contributed by atoms with E-state index in [9.17, 15) is 9.50 Å². The fraction of sp³-hybridized carbons (Fsp3) is 0.625. The van der Waals surface area contributed by atoms with E-state index in [1.54, 1.807) is 12.1 Å². The number of rotatable bonds is 8. The monoisotopic (exact) mass is 267 g/mol. The number of nitrogens with one attached hydrogen (secondary N) is 1. The molecule has 0 heterocycles. The third-order valence-electron chi connectivity index (χ3n) is 3.45. The zero-order valence-corrected chi connectivity index (χ0v) is 12.3. The van der Waals surface area contributed by atoms with Gasteiger partial charge in [-0.2, -0.15) is 0 Å². The summed E-state index contributed by atoms with van der Waals surface area (Å²) in [4.78, 5) is 0. The second kappa shape index (κ2) is 7.49. The largest absolute Gasteiger partial charge is 0.505 e. The van der Waals surface area contributed by atoms with Crippen molar-refractivity contribution in [3.63, 3.8) is 0 Å². The maximum atomic E-state index is 13.2. The Morgan fingerprint density at radius 2 is 2.00 bits per heavy atom. The van der Waals surface area contributed by atoms with E-state index in [0.29, 0.717) is 12.1 Å². The Kier molecular flexibility index (Phi) is 6.29. The number of phenolic OH excluding ortho intramolecular Hbond substituents is 1. The highest BCUT2D eigenvalue weighted by Gasteiger charge is 2.17. The number of para-hydroxylation sites is 1. The average Bonchev–Trinajstić information content (AvgIpc) is 2.34. The summed E-state index contributed by atoms with van der Waals surface area (Å²) in [5, 5.41) is 12.9. The number of hydrogen-bond donors (Lipinski definition) is 2. The van der Waals surface area contributed by atoms with Gasteiger partial charge in [0.2, 0.25) is 0 Å². The molecule has 0 atom stereocenters. The van der Waals surface area contributed by atoms with Gasteiger partial charge in [0.05, 0.1) is 0 Å². The summed E-state index contributed by atoms with van der Waals surface area (Å²) in [7, 11) is 0. The molecule has 0 aliphatic carbocycles. The maximum Gasteiger partial charge on any atom is 0.165 e. The lowest BCUT2D eigenvalue weighted by Gasteiger charge is -2.25. The number of benzene rings is 1. The zero-order valence-electron chi connectivity index (χ0n) is 12.3. The van der Waals surface area contributed by atoms with Gasteiger partial charge >= 0.3 is 0 Å². The predicted octanol–water partition coefficient (Wildman–Crippen LogP) is 4.23. The van der Waals surface area contributed by atoms with Crippen LogP contribution >= 0.6 is 0 Å². The first-order valence-corrected chi connectivity index (χ1v) is 7.13. The van der Waals surface area contributed by atoms with Crippen molar-refractivity contribution < 1.29 is 9.50 Å². The summed E-state index contributed by atoms with van der Waals surface area (Å²) in [6, 6.07) is 4.64. The summed E-state index contributed by atoms with van der Waals surface area (Å²) < 4.78 is 13.2. The Morgan fingerprint density at radius 3 is 2.68 bits per heavy atom. The standard InChI is InChI=1S/C16H26FNO/c1-4-5-6-10-16(2,3)12-18-11-13-8-7-9-14(17)15(13)19/h7-9,18-19H,4-6,10-12H2,1-3H3. The van der Waals surface area contributed by atoms with E-state index in [1.165, 1.54) is 31.7 Å². The molecule has 1 rings (SSSR count). The van der Waals surface area contributed by atoms with Crippen molar-refractivity contribution >= 4 is 0 Å². The lowest BCUT2D eigenvalue weighted by Crippen LogP contribution is -2.29. The van der Waals surface area contributed by atoms with Gasteiger partial charge in [-0.15, -0.1) is 0 Å². The highest BCUT2D eigenvalue weighted by Crippen LogP contribution is 2.24. The first-order chi connectivity index (χ1) is 8.96. The van der Waals surface area contributed by atoms with Crippen molar-refractivity contribution in [2.45, 2.75) is 53.0 Å². The molecule has 0 aromatic heterocycles. The molecule has 0 bridgehead atoms. The third kappa shape index (κ3) is 5.60. The predicted molar refractivity (Wildman–Crippen MR) is 77.7 cm³/mol. The summed E-state index contributed by atoms with van der Waals surface area (Å²) in [5.41, 5.74) is 0.849. The summed E-state index contributed by atoms with van der Waals surface area (Å²) >= 11 is 0. The van der Waals surface area contributed by atoms with Crippen molar-refractivity contribution in [1.29, 1.82) is 0 Å². The molecule has 2 N–H and O–H groups in total. The molecule has 1 aromatic rings. The molecule has 0 amide bonds. The average molecular weight is 267 g/mol. The molecule has 0 unspecified atom stereocenters. The van der Waals surface area contributed by atoms with Gasteiger partial charge in [0, 0.05) is 18.7 Å². The smallest absolute Gasteiger partial charge is 0.165 e. The van der Waals surface area contributed by atoms with Crippen LogP contribution in [0.5, 0.6) is 5.75 Å². The highest BCUT2D eigenvalue weighted by atomic mass is 19.1. The van der Waals surface area contributed by atoms with Crippen LogP contribution in [-0.4, -0.2) is 11.7 Å². The minimum absolute atomic E-state index is 0.234. The van der Waals surface area contributed by atoms with Crippen LogP contribution in [0.2, 0.25) is 0 Å². The molecule has 19 heavy (non-hydrogen) atoms. The van der Waals surface area contributed by atoms with Crippen molar-refractivity contribution in [3.05, 3.63) is 29.6 Å². The second-order valence-electron chi connectivity index (χ2n) is 5.97. The topological polar surface area (TPSA) is 32.3 Å².